The molecule has 1 heterocycles. The number of benzene rings is 1. The van der Waals surface area contributed by atoms with Crippen LogP contribution in [0.3, 0.4) is 0 Å². The van der Waals surface area contributed by atoms with Gasteiger partial charge >= 0.3 is 6.03 Å². The van der Waals surface area contributed by atoms with Crippen molar-refractivity contribution in [3.05, 3.63) is 29.8 Å². The Kier molecular flexibility index (Phi) is 8.06. The number of methoxy groups -OCH3 is 1. The number of carbonyl (C=O) groups excluding carboxylic acids is 1. The van der Waals surface area contributed by atoms with E-state index in [0.717, 1.165) is 30.8 Å². The first-order chi connectivity index (χ1) is 12.1. The molecule has 25 heavy (non-hydrogen) atoms. The fourth-order valence-electron chi connectivity index (χ4n) is 3.33. The summed E-state index contributed by atoms with van der Waals surface area (Å²) in [5, 5.41) is 6.01. The molecule has 1 fully saturated rings. The molecule has 5 nitrogen and oxygen atoms in total. The maximum atomic E-state index is 12.1. The maximum Gasteiger partial charge on any atom is 0.314 e. The number of hydrogen-bond donors (Lipinski definition) is 2. The number of amides is 2. The fourth-order valence-corrected chi connectivity index (χ4v) is 3.33. The molecular weight excluding hydrogens is 314 g/mol. The van der Waals surface area contributed by atoms with E-state index in [9.17, 15) is 4.79 Å². The zero-order chi connectivity index (χ0) is 18.1. The third kappa shape index (κ3) is 6.24. The molecule has 2 rings (SSSR count). The number of para-hydroxylation sites is 1. The highest BCUT2D eigenvalue weighted by Crippen LogP contribution is 2.30. The molecule has 1 saturated heterocycles. The van der Waals surface area contributed by atoms with Crippen LogP contribution in [0.1, 0.15) is 51.1 Å². The summed E-state index contributed by atoms with van der Waals surface area (Å²) in [5.74, 6) is 1.48. The van der Waals surface area contributed by atoms with E-state index < -0.39 is 0 Å². The van der Waals surface area contributed by atoms with Crippen LogP contribution in [0.2, 0.25) is 0 Å². The van der Waals surface area contributed by atoms with Gasteiger partial charge in [-0.1, -0.05) is 38.5 Å². The lowest BCUT2D eigenvalue weighted by atomic mass is 10.0. The van der Waals surface area contributed by atoms with Crippen LogP contribution >= 0.6 is 0 Å². The SMILES string of the molecule is COc1ccccc1C(CNC(=O)NCCC(C)C)N1CCCCC1. The van der Waals surface area contributed by atoms with Crippen LogP contribution < -0.4 is 15.4 Å². The molecule has 1 aliphatic heterocycles. The van der Waals surface area contributed by atoms with E-state index in [4.69, 9.17) is 4.74 Å². The van der Waals surface area contributed by atoms with Crippen molar-refractivity contribution >= 4 is 6.03 Å². The topological polar surface area (TPSA) is 53.6 Å². The molecule has 2 N–H and O–H groups in total. The number of nitrogens with one attached hydrogen (secondary N) is 2. The van der Waals surface area contributed by atoms with Gasteiger partial charge in [-0.25, -0.2) is 4.79 Å². The van der Waals surface area contributed by atoms with E-state index in [-0.39, 0.29) is 12.1 Å². The molecule has 5 heteroatoms. The Morgan fingerprint density at radius 1 is 1.16 bits per heavy atom. The van der Waals surface area contributed by atoms with Crippen LogP contribution in [-0.2, 0) is 0 Å². The Morgan fingerprint density at radius 3 is 2.56 bits per heavy atom. The average Bonchev–Trinajstić information content (AvgIpc) is 2.63. The van der Waals surface area contributed by atoms with Gasteiger partial charge in [-0.15, -0.1) is 0 Å². The number of hydrogen-bond acceptors (Lipinski definition) is 3. The molecule has 1 aliphatic rings. The highest BCUT2D eigenvalue weighted by atomic mass is 16.5. The number of nitrogens with zero attached hydrogens (tertiary/aromatic N) is 1. The number of likely N-dealkylation sites (tertiary alicyclic amines) is 1. The Labute approximate surface area is 152 Å². The van der Waals surface area contributed by atoms with Crippen LogP contribution in [0, 0.1) is 5.92 Å². The van der Waals surface area contributed by atoms with E-state index in [2.05, 4.69) is 35.4 Å². The predicted molar refractivity (Wildman–Crippen MR) is 102 cm³/mol. The van der Waals surface area contributed by atoms with Crippen molar-refractivity contribution in [2.45, 2.75) is 45.6 Å². The molecule has 0 radical (unpaired) electrons. The van der Waals surface area contributed by atoms with Gasteiger partial charge in [0.1, 0.15) is 5.75 Å². The van der Waals surface area contributed by atoms with Gasteiger partial charge in [0.15, 0.2) is 0 Å². The molecule has 1 atom stereocenters. The first-order valence-corrected chi connectivity index (χ1v) is 9.50. The van der Waals surface area contributed by atoms with E-state index in [1.807, 2.05) is 18.2 Å². The van der Waals surface area contributed by atoms with Gasteiger partial charge in [0.2, 0.25) is 0 Å². The maximum absolute atomic E-state index is 12.1. The number of ether oxygens (including phenoxy) is 1. The van der Waals surface area contributed by atoms with Gasteiger partial charge < -0.3 is 15.4 Å². The largest absolute Gasteiger partial charge is 0.496 e. The molecular formula is C20H33N3O2. The lowest BCUT2D eigenvalue weighted by molar-refractivity contribution is 0.157. The average molecular weight is 348 g/mol. The molecule has 0 aliphatic carbocycles. The zero-order valence-electron chi connectivity index (χ0n) is 15.9. The van der Waals surface area contributed by atoms with E-state index >= 15 is 0 Å². The molecule has 0 bridgehead atoms. The summed E-state index contributed by atoms with van der Waals surface area (Å²) in [6.07, 6.45) is 4.71. The van der Waals surface area contributed by atoms with Crippen LogP contribution in [-0.4, -0.2) is 44.2 Å². The quantitative estimate of drug-likeness (QED) is 0.756. The second-order valence-electron chi connectivity index (χ2n) is 7.17. The third-order valence-electron chi connectivity index (χ3n) is 4.79. The second kappa shape index (κ2) is 10.3. The van der Waals surface area contributed by atoms with Crippen molar-refractivity contribution in [1.29, 1.82) is 0 Å². The molecule has 0 spiro atoms. The van der Waals surface area contributed by atoms with Crippen LogP contribution in [0.5, 0.6) is 5.75 Å². The summed E-state index contributed by atoms with van der Waals surface area (Å²) in [6, 6.07) is 8.19. The second-order valence-corrected chi connectivity index (χ2v) is 7.17. The highest BCUT2D eigenvalue weighted by Gasteiger charge is 2.25. The van der Waals surface area contributed by atoms with E-state index in [1.165, 1.54) is 19.3 Å². The summed E-state index contributed by atoms with van der Waals surface area (Å²) in [4.78, 5) is 14.6. The van der Waals surface area contributed by atoms with Gasteiger partial charge in [-0.2, -0.15) is 0 Å². The third-order valence-corrected chi connectivity index (χ3v) is 4.79. The van der Waals surface area contributed by atoms with Crippen molar-refractivity contribution in [1.82, 2.24) is 15.5 Å². The van der Waals surface area contributed by atoms with Crippen LogP contribution in [0.15, 0.2) is 24.3 Å². The Hall–Kier alpha value is -1.75. The van der Waals surface area contributed by atoms with Gasteiger partial charge in [0.25, 0.3) is 0 Å². The highest BCUT2D eigenvalue weighted by molar-refractivity contribution is 5.73. The van der Waals surface area contributed by atoms with Gasteiger partial charge in [-0.05, 0) is 44.3 Å². The molecule has 1 aromatic carbocycles. The van der Waals surface area contributed by atoms with Gasteiger partial charge in [0.05, 0.1) is 13.2 Å². The minimum atomic E-state index is -0.0856. The van der Waals surface area contributed by atoms with Crippen molar-refractivity contribution < 1.29 is 9.53 Å². The standard InChI is InChI=1S/C20H33N3O2/c1-16(2)11-12-21-20(24)22-15-18(23-13-7-4-8-14-23)17-9-5-6-10-19(17)25-3/h5-6,9-10,16,18H,4,7-8,11-15H2,1-3H3,(H2,21,22,24). The summed E-state index contributed by atoms with van der Waals surface area (Å²) in [6.45, 7) is 7.76. The first-order valence-electron chi connectivity index (χ1n) is 9.50. The molecule has 0 aromatic heterocycles. The van der Waals surface area contributed by atoms with Crippen LogP contribution in [0.25, 0.3) is 0 Å². The first kappa shape index (κ1) is 19.6. The lowest BCUT2D eigenvalue weighted by Gasteiger charge is -2.35. The minimum absolute atomic E-state index is 0.0856. The Morgan fingerprint density at radius 2 is 1.88 bits per heavy atom. The summed E-state index contributed by atoms with van der Waals surface area (Å²) >= 11 is 0. The molecule has 0 saturated carbocycles. The van der Waals surface area contributed by atoms with Crippen LogP contribution in [0.4, 0.5) is 4.79 Å². The van der Waals surface area contributed by atoms with Crippen molar-refractivity contribution in [2.75, 3.05) is 33.3 Å². The lowest BCUT2D eigenvalue weighted by Crippen LogP contribution is -2.44. The Bertz CT molecular complexity index is 527. The van der Waals surface area contributed by atoms with Gasteiger partial charge in [0, 0.05) is 18.7 Å². The minimum Gasteiger partial charge on any atom is -0.496 e. The molecule has 2 amide bonds. The monoisotopic (exact) mass is 347 g/mol. The Balaban J connectivity index is 2.01. The van der Waals surface area contributed by atoms with E-state index in [1.54, 1.807) is 7.11 Å². The number of rotatable bonds is 8. The smallest absolute Gasteiger partial charge is 0.314 e. The molecule has 1 aromatic rings. The predicted octanol–water partition coefficient (Wildman–Crippen LogP) is 3.57. The number of carbonyl (C=O) groups is 1. The molecule has 1 unspecified atom stereocenters. The molecule has 140 valence electrons. The number of urea groups is 1. The normalized spacial score (nSPS) is 16.5. The van der Waals surface area contributed by atoms with Crippen molar-refractivity contribution in [3.8, 4) is 5.75 Å². The van der Waals surface area contributed by atoms with Crippen molar-refractivity contribution in [3.63, 3.8) is 0 Å². The fraction of sp³-hybridized carbons (Fsp3) is 0.650. The van der Waals surface area contributed by atoms with E-state index in [0.29, 0.717) is 19.0 Å². The zero-order valence-corrected chi connectivity index (χ0v) is 15.9. The summed E-state index contributed by atoms with van der Waals surface area (Å²) in [5.41, 5.74) is 1.15. The van der Waals surface area contributed by atoms with Crippen molar-refractivity contribution in [2.24, 2.45) is 5.92 Å². The van der Waals surface area contributed by atoms with Gasteiger partial charge in [-0.3, -0.25) is 4.90 Å². The summed E-state index contributed by atoms with van der Waals surface area (Å²) in [7, 11) is 1.71. The summed E-state index contributed by atoms with van der Waals surface area (Å²) < 4.78 is 5.56. The number of piperidine rings is 1.